The molecule has 1 amide bonds. The van der Waals surface area contributed by atoms with Crippen molar-refractivity contribution in [2.45, 2.75) is 19.9 Å². The van der Waals surface area contributed by atoms with Crippen LogP contribution in [0.5, 0.6) is 0 Å². The fourth-order valence-corrected chi connectivity index (χ4v) is 1.72. The molecule has 0 radical (unpaired) electrons. The standard InChI is InChI=1S/C12H14N4O3/c1-6(2)10(12(18)19)13-11(17)7-3-4-8-9(5-7)15-16-14-8/h3-6,10H,1-2H3,(H,13,17)(H,18,19)(H,14,15,16)/t10-/m0/s1. The maximum absolute atomic E-state index is 12.0. The minimum absolute atomic E-state index is 0.197. The Morgan fingerprint density at radius 2 is 1.95 bits per heavy atom. The molecule has 1 heterocycles. The van der Waals surface area contributed by atoms with E-state index in [0.717, 1.165) is 0 Å². The lowest BCUT2D eigenvalue weighted by Gasteiger charge is -2.17. The third-order valence-corrected chi connectivity index (χ3v) is 2.80. The molecule has 3 N–H and O–H groups in total. The van der Waals surface area contributed by atoms with Crippen LogP contribution in [0.3, 0.4) is 0 Å². The highest BCUT2D eigenvalue weighted by Gasteiger charge is 2.24. The molecule has 0 unspecified atom stereocenters. The van der Waals surface area contributed by atoms with Crippen LogP contribution >= 0.6 is 0 Å². The van der Waals surface area contributed by atoms with Gasteiger partial charge >= 0.3 is 5.97 Å². The summed E-state index contributed by atoms with van der Waals surface area (Å²) >= 11 is 0. The van der Waals surface area contributed by atoms with Gasteiger partial charge in [0.15, 0.2) is 0 Å². The van der Waals surface area contributed by atoms with E-state index in [-0.39, 0.29) is 5.92 Å². The molecule has 0 aliphatic heterocycles. The van der Waals surface area contributed by atoms with Gasteiger partial charge in [0.25, 0.3) is 5.91 Å². The van der Waals surface area contributed by atoms with Crippen LogP contribution in [0.25, 0.3) is 11.0 Å². The maximum atomic E-state index is 12.0. The van der Waals surface area contributed by atoms with Crippen molar-refractivity contribution in [2.24, 2.45) is 5.92 Å². The molecule has 1 aromatic carbocycles. The summed E-state index contributed by atoms with van der Waals surface area (Å²) in [6, 6.07) is 3.88. The third-order valence-electron chi connectivity index (χ3n) is 2.80. The normalized spacial score (nSPS) is 12.6. The van der Waals surface area contributed by atoms with Gasteiger partial charge in [0.1, 0.15) is 17.1 Å². The SMILES string of the molecule is CC(C)[C@H](NC(=O)c1ccc2n[nH]nc2c1)C(=O)O. The van der Waals surface area contributed by atoms with Crippen molar-refractivity contribution in [3.05, 3.63) is 23.8 Å². The topological polar surface area (TPSA) is 108 Å². The first-order chi connectivity index (χ1) is 8.99. The van der Waals surface area contributed by atoms with Gasteiger partial charge in [-0.25, -0.2) is 4.79 Å². The first kappa shape index (κ1) is 13.0. The number of rotatable bonds is 4. The third kappa shape index (κ3) is 2.70. The highest BCUT2D eigenvalue weighted by Crippen LogP contribution is 2.11. The molecule has 19 heavy (non-hydrogen) atoms. The molecule has 1 aromatic heterocycles. The minimum atomic E-state index is -1.05. The van der Waals surface area contributed by atoms with E-state index in [1.165, 1.54) is 0 Å². The predicted octanol–water partition coefficient (Wildman–Crippen LogP) is 0.797. The molecule has 0 saturated heterocycles. The average Bonchev–Trinajstić information content (AvgIpc) is 2.81. The number of nitrogens with one attached hydrogen (secondary N) is 2. The van der Waals surface area contributed by atoms with Gasteiger partial charge in [-0.3, -0.25) is 4.79 Å². The zero-order valence-corrected chi connectivity index (χ0v) is 10.5. The van der Waals surface area contributed by atoms with Gasteiger partial charge in [-0.15, -0.1) is 0 Å². The molecule has 0 aliphatic rings. The number of carbonyl (C=O) groups is 2. The van der Waals surface area contributed by atoms with Crippen molar-refractivity contribution in [1.82, 2.24) is 20.7 Å². The van der Waals surface area contributed by atoms with Gasteiger partial charge in [0, 0.05) is 5.56 Å². The summed E-state index contributed by atoms with van der Waals surface area (Å²) in [5.74, 6) is -1.69. The highest BCUT2D eigenvalue weighted by atomic mass is 16.4. The summed E-state index contributed by atoms with van der Waals surface area (Å²) < 4.78 is 0. The number of carbonyl (C=O) groups excluding carboxylic acids is 1. The Hall–Kier alpha value is -2.44. The van der Waals surface area contributed by atoms with Gasteiger partial charge in [-0.2, -0.15) is 15.4 Å². The number of nitrogens with zero attached hydrogens (tertiary/aromatic N) is 2. The van der Waals surface area contributed by atoms with E-state index < -0.39 is 17.9 Å². The molecule has 0 spiro atoms. The summed E-state index contributed by atoms with van der Waals surface area (Å²) in [6.07, 6.45) is 0. The Bertz CT molecular complexity index is 620. The number of benzene rings is 1. The lowest BCUT2D eigenvalue weighted by Crippen LogP contribution is -2.44. The number of amides is 1. The molecule has 0 aliphatic carbocycles. The van der Waals surface area contributed by atoms with Crippen LogP contribution in [0.15, 0.2) is 18.2 Å². The molecule has 2 rings (SSSR count). The monoisotopic (exact) mass is 262 g/mol. The van der Waals surface area contributed by atoms with Crippen LogP contribution in [0.4, 0.5) is 0 Å². The van der Waals surface area contributed by atoms with E-state index in [4.69, 9.17) is 5.11 Å². The van der Waals surface area contributed by atoms with Crippen LogP contribution < -0.4 is 5.32 Å². The molecule has 7 nitrogen and oxygen atoms in total. The van der Waals surface area contributed by atoms with Crippen molar-refractivity contribution in [1.29, 1.82) is 0 Å². The minimum Gasteiger partial charge on any atom is -0.480 e. The second-order valence-corrected chi connectivity index (χ2v) is 4.56. The van der Waals surface area contributed by atoms with E-state index in [0.29, 0.717) is 16.6 Å². The molecule has 2 aromatic rings. The van der Waals surface area contributed by atoms with Crippen molar-refractivity contribution in [3.63, 3.8) is 0 Å². The van der Waals surface area contributed by atoms with E-state index in [2.05, 4.69) is 20.7 Å². The van der Waals surface area contributed by atoms with Gasteiger partial charge in [0.05, 0.1) is 0 Å². The fourth-order valence-electron chi connectivity index (χ4n) is 1.72. The van der Waals surface area contributed by atoms with Crippen LogP contribution in [-0.4, -0.2) is 38.4 Å². The number of aliphatic carboxylic acids is 1. The molecular weight excluding hydrogens is 248 g/mol. The summed E-state index contributed by atoms with van der Waals surface area (Å²) in [7, 11) is 0. The van der Waals surface area contributed by atoms with Crippen LogP contribution in [0.1, 0.15) is 24.2 Å². The molecule has 100 valence electrons. The number of carboxylic acids is 1. The zero-order valence-electron chi connectivity index (χ0n) is 10.5. The Morgan fingerprint density at radius 1 is 1.26 bits per heavy atom. The number of hydrogen-bond donors (Lipinski definition) is 3. The Labute approximate surface area is 109 Å². The van der Waals surface area contributed by atoms with E-state index in [1.54, 1.807) is 32.0 Å². The quantitative estimate of drug-likeness (QED) is 0.755. The molecule has 1 atom stereocenters. The van der Waals surface area contributed by atoms with Crippen molar-refractivity contribution >= 4 is 22.9 Å². The average molecular weight is 262 g/mol. The van der Waals surface area contributed by atoms with Crippen molar-refractivity contribution in [3.8, 4) is 0 Å². The van der Waals surface area contributed by atoms with Gasteiger partial charge in [-0.05, 0) is 24.1 Å². The van der Waals surface area contributed by atoms with Crippen LogP contribution in [0.2, 0.25) is 0 Å². The number of carboxylic acid groups (broad SMARTS) is 1. The van der Waals surface area contributed by atoms with Gasteiger partial charge in [0.2, 0.25) is 0 Å². The van der Waals surface area contributed by atoms with Crippen LogP contribution in [0, 0.1) is 5.92 Å². The van der Waals surface area contributed by atoms with Crippen molar-refractivity contribution in [2.75, 3.05) is 0 Å². The lowest BCUT2D eigenvalue weighted by atomic mass is 10.0. The summed E-state index contributed by atoms with van der Waals surface area (Å²) in [5.41, 5.74) is 1.56. The molecule has 0 bridgehead atoms. The predicted molar refractivity (Wildman–Crippen MR) is 67.6 cm³/mol. The van der Waals surface area contributed by atoms with Crippen molar-refractivity contribution < 1.29 is 14.7 Å². The number of H-pyrrole nitrogens is 1. The zero-order chi connectivity index (χ0) is 14.0. The number of aromatic nitrogens is 3. The largest absolute Gasteiger partial charge is 0.480 e. The molecular formula is C12H14N4O3. The smallest absolute Gasteiger partial charge is 0.326 e. The number of aromatic amines is 1. The fraction of sp³-hybridized carbons (Fsp3) is 0.333. The van der Waals surface area contributed by atoms with Gasteiger partial charge < -0.3 is 10.4 Å². The number of hydrogen-bond acceptors (Lipinski definition) is 4. The van der Waals surface area contributed by atoms with Crippen LogP contribution in [-0.2, 0) is 4.79 Å². The van der Waals surface area contributed by atoms with Gasteiger partial charge in [-0.1, -0.05) is 13.8 Å². The maximum Gasteiger partial charge on any atom is 0.326 e. The Morgan fingerprint density at radius 3 is 2.58 bits per heavy atom. The Balaban J connectivity index is 2.21. The summed E-state index contributed by atoms with van der Waals surface area (Å²) in [6.45, 7) is 3.47. The lowest BCUT2D eigenvalue weighted by molar-refractivity contribution is -0.140. The number of fused-ring (bicyclic) bond motifs is 1. The van der Waals surface area contributed by atoms with E-state index in [1.807, 2.05) is 0 Å². The molecule has 7 heteroatoms. The molecule has 0 fully saturated rings. The summed E-state index contributed by atoms with van der Waals surface area (Å²) in [5, 5.41) is 21.7. The second-order valence-electron chi connectivity index (χ2n) is 4.56. The molecule has 0 saturated carbocycles. The Kier molecular flexibility index (Phi) is 3.46. The summed E-state index contributed by atoms with van der Waals surface area (Å²) in [4.78, 5) is 23.0. The highest BCUT2D eigenvalue weighted by molar-refractivity contribution is 5.99. The van der Waals surface area contributed by atoms with E-state index in [9.17, 15) is 9.59 Å². The second kappa shape index (κ2) is 5.05. The van der Waals surface area contributed by atoms with E-state index >= 15 is 0 Å². The first-order valence-electron chi connectivity index (χ1n) is 5.83. The first-order valence-corrected chi connectivity index (χ1v) is 5.83.